The zero-order valence-corrected chi connectivity index (χ0v) is 53.3. The molecule has 0 saturated heterocycles. The lowest BCUT2D eigenvalue weighted by Crippen LogP contribution is -2.84. The number of nitrogens with zero attached hydrogens (tertiary/aromatic N) is 3. The van der Waals surface area contributed by atoms with Crippen molar-refractivity contribution in [2.75, 3.05) is 72.6 Å². The lowest BCUT2D eigenvalue weighted by molar-refractivity contribution is -0.655. The van der Waals surface area contributed by atoms with Gasteiger partial charge >= 0.3 is 0 Å². The fourth-order valence-corrected chi connectivity index (χ4v) is 8.21. The third-order valence-electron chi connectivity index (χ3n) is 13.2. The number of nitriles is 2. The second kappa shape index (κ2) is 88.5. The summed E-state index contributed by atoms with van der Waals surface area (Å²) < 4.78 is 4.54. The van der Waals surface area contributed by atoms with Crippen LogP contribution < -0.4 is 42.3 Å². The Kier molecular flexibility index (Phi) is 97.3. The highest BCUT2D eigenvalue weighted by molar-refractivity contribution is 5.62. The first-order valence-corrected chi connectivity index (χ1v) is 33.0. The summed E-state index contributed by atoms with van der Waals surface area (Å²) in [7, 11) is 1.50. The molecule has 9 N–H and O–H groups in total. The van der Waals surface area contributed by atoms with Crippen molar-refractivity contribution < 1.29 is 50.8 Å². The molecule has 0 aliphatic carbocycles. The van der Waals surface area contributed by atoms with Crippen LogP contribution in [0, 0.1) is 22.7 Å². The number of amides is 3. The second-order valence-corrected chi connectivity index (χ2v) is 21.1. The number of nitrogens with two attached hydrogens (primary N) is 2. The first kappa shape index (κ1) is 86.9. The summed E-state index contributed by atoms with van der Waals surface area (Å²) in [5, 5.41) is 54.3. The van der Waals surface area contributed by atoms with Crippen LogP contribution in [-0.2, 0) is 4.74 Å². The first-order chi connectivity index (χ1) is 38.5. The van der Waals surface area contributed by atoms with E-state index in [1.54, 1.807) is 6.07 Å². The minimum absolute atomic E-state index is 0.152. The van der Waals surface area contributed by atoms with E-state index in [1.807, 2.05) is 30.6 Å². The fraction of sp³-hybridized carbons (Fsp3) is 0.922. The molecule has 0 aliphatic rings. The average molecular weight is 1130 g/mol. The Bertz CT molecular complexity index is 1160. The number of methoxy groups -OCH3 is 1. The molecule has 0 aromatic heterocycles. The molecule has 0 saturated carbocycles. The van der Waals surface area contributed by atoms with Crippen molar-refractivity contribution in [3.63, 3.8) is 0 Å². The molecule has 0 atom stereocenters. The normalized spacial score (nSPS) is 10.1. The molecular weight excluding hydrogens is 993 g/mol. The van der Waals surface area contributed by atoms with Crippen LogP contribution >= 0.6 is 0 Å². The van der Waals surface area contributed by atoms with Gasteiger partial charge in [-0.2, -0.15) is 10.5 Å². The quantitative estimate of drug-likeness (QED) is 0.0362. The molecule has 0 aromatic rings. The van der Waals surface area contributed by atoms with Gasteiger partial charge in [0.15, 0.2) is 0 Å². The molecule has 15 nitrogen and oxygen atoms in total. The highest BCUT2D eigenvalue weighted by Crippen LogP contribution is 2.15. The van der Waals surface area contributed by atoms with E-state index < -0.39 is 18.3 Å². The molecule has 0 rings (SSSR count). The van der Waals surface area contributed by atoms with E-state index in [9.17, 15) is 29.7 Å². The van der Waals surface area contributed by atoms with E-state index in [1.165, 1.54) is 269 Å². The van der Waals surface area contributed by atoms with Gasteiger partial charge in [-0.25, -0.2) is 0 Å². The van der Waals surface area contributed by atoms with Gasteiger partial charge < -0.3 is 66.3 Å². The Hall–Kier alpha value is -3.37. The molecule has 0 aromatic carbocycles. The smallest absolute Gasteiger partial charge is 0.136 e. The molecule has 79 heavy (non-hydrogen) atoms. The van der Waals surface area contributed by atoms with Gasteiger partial charge in [-0.1, -0.05) is 247 Å². The predicted octanol–water partition coefficient (Wildman–Crippen LogP) is 11.0. The average Bonchev–Trinajstić information content (AvgIpc) is 3.43. The summed E-state index contributed by atoms with van der Waals surface area (Å²) in [6, 6.07) is 3.72. The van der Waals surface area contributed by atoms with Crippen LogP contribution in [0.25, 0.3) is 0 Å². The lowest BCUT2D eigenvalue weighted by Gasteiger charge is -2.24. The van der Waals surface area contributed by atoms with Crippen LogP contribution in [0.3, 0.4) is 0 Å². The second-order valence-electron chi connectivity index (χ2n) is 21.1. The van der Waals surface area contributed by atoms with Gasteiger partial charge in [0.05, 0.1) is 64.3 Å². The van der Waals surface area contributed by atoms with Gasteiger partial charge in [0.2, 0.25) is 0 Å². The molecule has 0 heterocycles. The molecule has 0 unspecified atom stereocenters. The van der Waals surface area contributed by atoms with Gasteiger partial charge in [0, 0.05) is 33.3 Å². The molecule has 472 valence electrons. The highest BCUT2D eigenvalue weighted by atomic mass is 16.5. The van der Waals surface area contributed by atoms with Crippen molar-refractivity contribution in [1.29, 1.82) is 10.5 Å². The number of unbranched alkanes of at least 4 members (excludes halogenated alkanes) is 34. The van der Waals surface area contributed by atoms with Crippen LogP contribution in [0.4, 0.5) is 14.4 Å². The maximum Gasteiger partial charge on any atom is 0.136 e. The predicted molar refractivity (Wildman–Crippen MR) is 326 cm³/mol. The topological polar surface area (TPSA) is 265 Å². The van der Waals surface area contributed by atoms with Crippen molar-refractivity contribution in [2.24, 2.45) is 0 Å². The summed E-state index contributed by atoms with van der Waals surface area (Å²) in [6.07, 6.45) is 53.5. The number of carbonyl (C=O) groups is 3. The Labute approximate surface area is 489 Å². The minimum atomic E-state index is -1.33. The number of hydrogen-bond donors (Lipinski definition) is 5. The maximum absolute atomic E-state index is 10.5. The third kappa shape index (κ3) is 107. The van der Waals surface area contributed by atoms with Gasteiger partial charge in [-0.3, -0.25) is 0 Å². The number of quaternary nitrogens is 3. The number of hydrogen-bond acceptors (Lipinski definition) is 9. The lowest BCUT2D eigenvalue weighted by atomic mass is 10.0. The Morgan fingerprint density at radius 1 is 0.418 bits per heavy atom. The van der Waals surface area contributed by atoms with Crippen LogP contribution in [0.15, 0.2) is 0 Å². The molecule has 0 fully saturated rings. The number of ether oxygens (including phenoxy) is 1. The number of nitrogens with one attached hydrogen (secondary N) is 2. The van der Waals surface area contributed by atoms with E-state index in [0.717, 1.165) is 32.2 Å². The summed E-state index contributed by atoms with van der Waals surface area (Å²) in [4.78, 5) is 31.1. The van der Waals surface area contributed by atoms with Crippen molar-refractivity contribution in [1.82, 2.24) is 15.5 Å². The van der Waals surface area contributed by atoms with E-state index in [-0.39, 0.29) is 13.0 Å². The highest BCUT2D eigenvalue weighted by Gasteiger charge is 2.02. The fourth-order valence-electron chi connectivity index (χ4n) is 8.21. The van der Waals surface area contributed by atoms with Gasteiger partial charge in [-0.15, -0.1) is 0 Å². The summed E-state index contributed by atoms with van der Waals surface area (Å²) in [5.41, 5.74) is 3.45. The van der Waals surface area contributed by atoms with Crippen LogP contribution in [-0.4, -0.2) is 95.8 Å². The van der Waals surface area contributed by atoms with Crippen LogP contribution in [0.5, 0.6) is 0 Å². The number of carboxylic acid groups (broad SMARTS) is 3. The van der Waals surface area contributed by atoms with Crippen LogP contribution in [0.1, 0.15) is 311 Å². The van der Waals surface area contributed by atoms with Gasteiger partial charge in [-0.05, 0) is 51.4 Å². The number of rotatable bonds is 52. The summed E-state index contributed by atoms with van der Waals surface area (Å²) in [6.45, 7) is 21.4. The molecule has 15 heteroatoms. The monoisotopic (exact) mass is 1130 g/mol. The largest absolute Gasteiger partial charge is 0.530 e. The molecule has 0 radical (unpaired) electrons. The zero-order valence-electron chi connectivity index (χ0n) is 53.3. The van der Waals surface area contributed by atoms with Crippen LogP contribution in [0.2, 0.25) is 0 Å². The minimum Gasteiger partial charge on any atom is -0.530 e. The SMILES string of the molecule is CCCCCCCCCCCCCCCCCC[NH2+]CCCCCCCCCCCCCCCCCC.CCCCN(CCCC)C(=O)[O-].CCCC[NH2+]CCCC.COCCNC(=O)[O-].N#CCCNC(=O)[O-].N#CCC[NH3+]. The summed E-state index contributed by atoms with van der Waals surface area (Å²) in [5.74, 6) is 0. The van der Waals surface area contributed by atoms with E-state index in [4.69, 9.17) is 10.5 Å². The van der Waals surface area contributed by atoms with E-state index in [0.29, 0.717) is 32.7 Å². The van der Waals surface area contributed by atoms with Crippen molar-refractivity contribution in [2.45, 2.75) is 311 Å². The maximum atomic E-state index is 10.5. The molecule has 0 aliphatic heterocycles. The van der Waals surface area contributed by atoms with Gasteiger partial charge in [0.25, 0.3) is 0 Å². The summed E-state index contributed by atoms with van der Waals surface area (Å²) >= 11 is 0. The third-order valence-corrected chi connectivity index (χ3v) is 13.2. The zero-order chi connectivity index (χ0) is 60.0. The number of carbonyl (C=O) groups excluding carboxylic acids is 3. The van der Waals surface area contributed by atoms with E-state index in [2.05, 4.69) is 48.8 Å². The molecule has 3 amide bonds. The standard InChI is InChI=1S/C36H75N.C9H19NO2.C8H19N.C4H6N2O2.C4H9NO3.C3H6N2/c1-3-5-7-9-11-13-15-17-19-21-23-25-27-29-31-33-35-37-36-34-32-30-28-26-24-22-20-18-16-14-12-10-8-6-4-2;1-3-5-7-10(9(11)12)8-6-4-2;1-3-5-7-9-8-6-4-2;5-2-1-3-6-4(7)8;1-8-3-2-5-4(6)7;4-2-1-3-5/h37H,3-36H2,1-2H3;3-8H2,1-2H3,(H,11,12);9H,3-8H2,1-2H3;6H,1,3H2,(H,7,8);5H,2-3H2,1H3,(H,6,7);1-2,4H2. The Balaban J connectivity index is -0.000000253. The Morgan fingerprint density at radius 2 is 0.684 bits per heavy atom. The van der Waals surface area contributed by atoms with Crippen molar-refractivity contribution in [3.05, 3.63) is 0 Å². The Morgan fingerprint density at radius 3 is 0.911 bits per heavy atom. The molecule has 0 bridgehead atoms. The van der Waals surface area contributed by atoms with Crippen molar-refractivity contribution >= 4 is 18.3 Å². The molecular formula is C64H134N8O7. The molecule has 0 spiro atoms. The van der Waals surface area contributed by atoms with E-state index >= 15 is 0 Å². The first-order valence-electron chi connectivity index (χ1n) is 33.0. The van der Waals surface area contributed by atoms with Gasteiger partial charge in [0.1, 0.15) is 18.3 Å². The van der Waals surface area contributed by atoms with Crippen molar-refractivity contribution in [3.8, 4) is 12.1 Å².